The summed E-state index contributed by atoms with van der Waals surface area (Å²) in [5, 5.41) is 10.8. The highest BCUT2D eigenvalue weighted by Gasteiger charge is 2.29. The summed E-state index contributed by atoms with van der Waals surface area (Å²) < 4.78 is 32.3. The van der Waals surface area contributed by atoms with Crippen molar-refractivity contribution in [2.45, 2.75) is 110 Å². The summed E-state index contributed by atoms with van der Waals surface area (Å²) in [5.74, 6) is -0.491. The number of carbonyl (C=O) groups excluding carboxylic acids is 5. The fraction of sp³-hybridized carbons (Fsp3) is 0.553. The Hall–Kier alpha value is -5.21. The number of hydrogen-bond acceptors (Lipinski definition) is 11. The quantitative estimate of drug-likeness (QED) is 0.0868. The lowest BCUT2D eigenvalue weighted by Gasteiger charge is -2.24. The molecule has 15 nitrogen and oxygen atoms in total. The van der Waals surface area contributed by atoms with Gasteiger partial charge in [0.05, 0.1) is 33.4 Å². The van der Waals surface area contributed by atoms with Gasteiger partial charge < -0.3 is 49.7 Å². The van der Waals surface area contributed by atoms with Gasteiger partial charge in [-0.2, -0.15) is 0 Å². The van der Waals surface area contributed by atoms with Crippen LogP contribution in [0.2, 0.25) is 0 Å². The number of unbranched alkanes of at least 4 members (excludes halogenated alkanes) is 1. The van der Waals surface area contributed by atoms with E-state index in [1.54, 1.807) is 77.9 Å². The Morgan fingerprint density at radius 3 is 1.85 bits per heavy atom. The van der Waals surface area contributed by atoms with E-state index in [0.29, 0.717) is 35.7 Å². The monoisotopic (exact) mass is 744 g/mol. The van der Waals surface area contributed by atoms with Gasteiger partial charge in [0, 0.05) is 25.1 Å². The van der Waals surface area contributed by atoms with Gasteiger partial charge >= 0.3 is 18.2 Å². The first-order valence-electron chi connectivity index (χ1n) is 17.5. The molecule has 0 saturated heterocycles. The number of ether oxygens (including phenoxy) is 6. The standard InChI is InChI=1S/C38H56N4O11/c1-37(2,3)52-32(43)19-18-29(42-36(47)51-24-25-15-11-10-12-16-25)34(45)41-28(17-13-14-20-39-35(46)53-38(4,5)6)33(44)40-23-27-30(49-8)21-26(48-7)22-31(27)50-9/h10-12,15-16,21-22,28-29H,13-14,17-20,23-24H2,1-9H3,(H,39,46)(H,40,44)(H,41,45)(H,42,47)/t28-,29-/m0/s1. The van der Waals surface area contributed by atoms with Gasteiger partial charge in [0.2, 0.25) is 11.8 Å². The van der Waals surface area contributed by atoms with Crippen molar-refractivity contribution in [1.82, 2.24) is 21.3 Å². The molecule has 0 aliphatic heterocycles. The average molecular weight is 745 g/mol. The maximum atomic E-state index is 13.8. The topological polar surface area (TPSA) is 189 Å². The zero-order valence-corrected chi connectivity index (χ0v) is 32.3. The van der Waals surface area contributed by atoms with E-state index in [9.17, 15) is 24.0 Å². The minimum absolute atomic E-state index is 0.0200. The summed E-state index contributed by atoms with van der Waals surface area (Å²) >= 11 is 0. The van der Waals surface area contributed by atoms with Gasteiger partial charge in [-0.3, -0.25) is 14.4 Å². The van der Waals surface area contributed by atoms with Crippen LogP contribution >= 0.6 is 0 Å². The molecule has 0 bridgehead atoms. The second-order valence-electron chi connectivity index (χ2n) is 14.1. The van der Waals surface area contributed by atoms with Gasteiger partial charge in [-0.25, -0.2) is 9.59 Å². The molecule has 0 aliphatic rings. The van der Waals surface area contributed by atoms with E-state index in [4.69, 9.17) is 28.4 Å². The van der Waals surface area contributed by atoms with Crippen molar-refractivity contribution in [2.24, 2.45) is 0 Å². The van der Waals surface area contributed by atoms with E-state index >= 15 is 0 Å². The molecular weight excluding hydrogens is 688 g/mol. The van der Waals surface area contributed by atoms with E-state index < -0.39 is 53.3 Å². The summed E-state index contributed by atoms with van der Waals surface area (Å²) in [6, 6.07) is 9.96. The van der Waals surface area contributed by atoms with E-state index in [2.05, 4.69) is 21.3 Å². The summed E-state index contributed by atoms with van der Waals surface area (Å²) in [6.07, 6.45) is -0.730. The molecule has 2 aromatic rings. The third kappa shape index (κ3) is 17.2. The fourth-order valence-corrected chi connectivity index (χ4v) is 4.90. The van der Waals surface area contributed by atoms with Gasteiger partial charge in [0.25, 0.3) is 0 Å². The maximum Gasteiger partial charge on any atom is 0.408 e. The van der Waals surface area contributed by atoms with Crippen molar-refractivity contribution < 1.29 is 52.4 Å². The van der Waals surface area contributed by atoms with Crippen LogP contribution in [0, 0.1) is 0 Å². The van der Waals surface area contributed by atoms with Crippen molar-refractivity contribution in [2.75, 3.05) is 27.9 Å². The van der Waals surface area contributed by atoms with Crippen LogP contribution in [0.4, 0.5) is 9.59 Å². The molecule has 4 amide bonds. The first kappa shape index (κ1) is 44.0. The van der Waals surface area contributed by atoms with Crippen LogP contribution in [-0.4, -0.2) is 81.1 Å². The molecule has 294 valence electrons. The smallest absolute Gasteiger partial charge is 0.408 e. The van der Waals surface area contributed by atoms with Crippen molar-refractivity contribution in [3.05, 3.63) is 53.6 Å². The minimum atomic E-state index is -1.25. The second-order valence-corrected chi connectivity index (χ2v) is 14.1. The van der Waals surface area contributed by atoms with Crippen LogP contribution in [0.15, 0.2) is 42.5 Å². The predicted octanol–water partition coefficient (Wildman–Crippen LogP) is 4.93. The number of alkyl carbamates (subject to hydrolysis) is 2. The molecule has 0 spiro atoms. The highest BCUT2D eigenvalue weighted by atomic mass is 16.6. The Balaban J connectivity index is 2.25. The summed E-state index contributed by atoms with van der Waals surface area (Å²) in [4.78, 5) is 65.0. The van der Waals surface area contributed by atoms with Gasteiger partial charge in [-0.1, -0.05) is 30.3 Å². The van der Waals surface area contributed by atoms with Crippen molar-refractivity contribution in [3.63, 3.8) is 0 Å². The molecule has 2 rings (SSSR count). The number of nitrogens with one attached hydrogen (secondary N) is 4. The Labute approximate surface area is 312 Å². The Bertz CT molecular complexity index is 1480. The minimum Gasteiger partial charge on any atom is -0.496 e. The van der Waals surface area contributed by atoms with Crippen LogP contribution in [0.25, 0.3) is 0 Å². The van der Waals surface area contributed by atoms with Crippen LogP contribution in [0.3, 0.4) is 0 Å². The second kappa shape index (κ2) is 21.3. The Kier molecular flexibility index (Phi) is 17.7. The number of rotatable bonds is 19. The van der Waals surface area contributed by atoms with Crippen molar-refractivity contribution >= 4 is 30.0 Å². The van der Waals surface area contributed by atoms with Gasteiger partial charge in [-0.05, 0) is 72.8 Å². The summed E-state index contributed by atoms with van der Waals surface area (Å²) in [6.45, 7) is 10.6. The number of benzene rings is 2. The van der Waals surface area contributed by atoms with Crippen molar-refractivity contribution in [1.29, 1.82) is 0 Å². The maximum absolute atomic E-state index is 13.8. The van der Waals surface area contributed by atoms with Crippen LogP contribution < -0.4 is 35.5 Å². The lowest BCUT2D eigenvalue weighted by Crippen LogP contribution is -2.53. The SMILES string of the molecule is COc1cc(OC)c(CNC(=O)[C@H](CCCCNC(=O)OC(C)(C)C)NC(=O)[C@H](CCC(=O)OC(C)(C)C)NC(=O)OCc2ccccc2)c(OC)c1. The molecule has 0 unspecified atom stereocenters. The van der Waals surface area contributed by atoms with Crippen molar-refractivity contribution in [3.8, 4) is 17.2 Å². The van der Waals surface area contributed by atoms with E-state index in [0.717, 1.165) is 5.56 Å². The number of esters is 1. The number of amides is 4. The molecule has 0 fully saturated rings. The molecule has 0 aliphatic carbocycles. The number of carbonyl (C=O) groups is 5. The highest BCUT2D eigenvalue weighted by Crippen LogP contribution is 2.34. The van der Waals surface area contributed by atoms with E-state index in [-0.39, 0.29) is 39.0 Å². The van der Waals surface area contributed by atoms with Crippen LogP contribution in [0.1, 0.15) is 84.8 Å². The molecular formula is C38H56N4O11. The predicted molar refractivity (Wildman–Crippen MR) is 197 cm³/mol. The molecule has 0 heterocycles. The van der Waals surface area contributed by atoms with E-state index in [1.807, 2.05) is 6.07 Å². The normalized spacial score (nSPS) is 12.3. The fourth-order valence-electron chi connectivity index (χ4n) is 4.90. The largest absolute Gasteiger partial charge is 0.496 e. The number of methoxy groups -OCH3 is 3. The third-order valence-corrected chi connectivity index (χ3v) is 7.36. The lowest BCUT2D eigenvalue weighted by atomic mass is 10.1. The third-order valence-electron chi connectivity index (χ3n) is 7.36. The molecule has 0 radical (unpaired) electrons. The summed E-state index contributed by atoms with van der Waals surface area (Å²) in [7, 11) is 4.46. The molecule has 53 heavy (non-hydrogen) atoms. The molecule has 0 aromatic heterocycles. The van der Waals surface area contributed by atoms with Crippen LogP contribution in [-0.2, 0) is 41.7 Å². The Morgan fingerprint density at radius 2 is 1.28 bits per heavy atom. The summed E-state index contributed by atoms with van der Waals surface area (Å²) in [5.41, 5.74) is -0.142. The lowest BCUT2D eigenvalue weighted by molar-refractivity contribution is -0.155. The molecule has 2 atom stereocenters. The first-order chi connectivity index (χ1) is 24.9. The zero-order valence-electron chi connectivity index (χ0n) is 32.3. The van der Waals surface area contributed by atoms with Crippen LogP contribution in [0.5, 0.6) is 17.2 Å². The highest BCUT2D eigenvalue weighted by molar-refractivity contribution is 5.91. The molecule has 2 aromatic carbocycles. The Morgan fingerprint density at radius 1 is 0.679 bits per heavy atom. The van der Waals surface area contributed by atoms with Gasteiger partial charge in [0.1, 0.15) is 47.1 Å². The zero-order chi connectivity index (χ0) is 39.6. The van der Waals surface area contributed by atoms with E-state index in [1.165, 1.54) is 21.3 Å². The number of hydrogen-bond donors (Lipinski definition) is 4. The van der Waals surface area contributed by atoms with Gasteiger partial charge in [-0.15, -0.1) is 0 Å². The molecule has 0 saturated carbocycles. The first-order valence-corrected chi connectivity index (χ1v) is 17.5. The molecule has 15 heteroatoms. The molecule has 4 N–H and O–H groups in total. The average Bonchev–Trinajstić information content (AvgIpc) is 3.09. The van der Waals surface area contributed by atoms with Gasteiger partial charge in [0.15, 0.2) is 0 Å².